The van der Waals surface area contributed by atoms with Gasteiger partial charge in [0.05, 0.1) is 0 Å². The van der Waals surface area contributed by atoms with E-state index in [4.69, 9.17) is 14.2 Å². The van der Waals surface area contributed by atoms with Crippen molar-refractivity contribution in [2.45, 2.75) is 335 Å². The molecule has 0 aromatic rings. The summed E-state index contributed by atoms with van der Waals surface area (Å²) >= 11 is 0. The van der Waals surface area contributed by atoms with E-state index in [2.05, 4.69) is 69.4 Å². The first-order chi connectivity index (χ1) is 35.0. The van der Waals surface area contributed by atoms with Crippen molar-refractivity contribution in [2.75, 3.05) is 13.2 Å². The van der Waals surface area contributed by atoms with E-state index in [1.54, 1.807) is 0 Å². The fourth-order valence-electron chi connectivity index (χ4n) is 9.09. The monoisotopic (exact) mass is 995 g/mol. The zero-order chi connectivity index (χ0) is 51.4. The summed E-state index contributed by atoms with van der Waals surface area (Å²) in [6, 6.07) is 0. The van der Waals surface area contributed by atoms with E-state index in [0.29, 0.717) is 19.3 Å². The molecule has 6 heteroatoms. The zero-order valence-electron chi connectivity index (χ0n) is 47.5. The van der Waals surface area contributed by atoms with Gasteiger partial charge in [-0.15, -0.1) is 0 Å². The number of esters is 3. The molecule has 0 saturated carbocycles. The Morgan fingerprint density at radius 2 is 0.507 bits per heavy atom. The molecule has 0 aliphatic rings. The average Bonchev–Trinajstić information content (AvgIpc) is 3.37. The molecule has 1 atom stereocenters. The molecule has 0 radical (unpaired) electrons. The minimum absolute atomic E-state index is 0.0786. The highest BCUT2D eigenvalue weighted by molar-refractivity contribution is 5.71. The van der Waals surface area contributed by atoms with Crippen LogP contribution in [0.4, 0.5) is 0 Å². The Bertz CT molecular complexity index is 1230. The molecule has 0 fully saturated rings. The van der Waals surface area contributed by atoms with Crippen LogP contribution in [0.2, 0.25) is 0 Å². The minimum atomic E-state index is -0.780. The molecule has 414 valence electrons. The normalized spacial score (nSPS) is 12.3. The zero-order valence-corrected chi connectivity index (χ0v) is 47.5. The number of carbonyl (C=O) groups is 3. The van der Waals surface area contributed by atoms with Crippen LogP contribution in [0.25, 0.3) is 0 Å². The molecule has 0 saturated heterocycles. The second-order valence-corrected chi connectivity index (χ2v) is 21.0. The molecular weight excluding hydrogens is 877 g/mol. The summed E-state index contributed by atoms with van der Waals surface area (Å²) in [5.74, 6) is -0.880. The smallest absolute Gasteiger partial charge is 0.306 e. The summed E-state index contributed by atoms with van der Waals surface area (Å²) in [7, 11) is 0. The van der Waals surface area contributed by atoms with Crippen LogP contribution < -0.4 is 0 Å². The number of hydrogen-bond acceptors (Lipinski definition) is 6. The Morgan fingerprint density at radius 1 is 0.282 bits per heavy atom. The van der Waals surface area contributed by atoms with Gasteiger partial charge in [-0.2, -0.15) is 0 Å². The van der Waals surface area contributed by atoms with Crippen LogP contribution in [-0.2, 0) is 28.6 Å². The summed E-state index contributed by atoms with van der Waals surface area (Å²) in [4.78, 5) is 38.3. The van der Waals surface area contributed by atoms with Crippen molar-refractivity contribution in [1.82, 2.24) is 0 Å². The van der Waals surface area contributed by atoms with E-state index in [9.17, 15) is 14.4 Å². The van der Waals surface area contributed by atoms with Gasteiger partial charge in [0, 0.05) is 19.3 Å². The molecule has 1 unspecified atom stereocenters. The van der Waals surface area contributed by atoms with Gasteiger partial charge in [0.1, 0.15) is 13.2 Å². The van der Waals surface area contributed by atoms with E-state index in [0.717, 1.165) is 83.5 Å². The van der Waals surface area contributed by atoms with Gasteiger partial charge in [-0.05, 0) is 83.5 Å². The lowest BCUT2D eigenvalue weighted by atomic mass is 10.0. The Hall–Kier alpha value is -2.63. The average molecular weight is 996 g/mol. The third kappa shape index (κ3) is 58.1. The summed E-state index contributed by atoms with van der Waals surface area (Å²) in [6.45, 7) is 6.65. The van der Waals surface area contributed by atoms with Gasteiger partial charge in [-0.3, -0.25) is 14.4 Å². The Kier molecular flexibility index (Phi) is 57.7. The van der Waals surface area contributed by atoms with Crippen LogP contribution in [-0.4, -0.2) is 37.2 Å². The third-order valence-electron chi connectivity index (χ3n) is 13.8. The minimum Gasteiger partial charge on any atom is -0.462 e. The highest BCUT2D eigenvalue weighted by Gasteiger charge is 2.19. The predicted molar refractivity (Wildman–Crippen MR) is 307 cm³/mol. The molecular formula is C65H118O6. The summed E-state index contributed by atoms with van der Waals surface area (Å²) in [5, 5.41) is 0. The first kappa shape index (κ1) is 68.4. The maximum absolute atomic E-state index is 12.9. The van der Waals surface area contributed by atoms with Gasteiger partial charge >= 0.3 is 17.9 Å². The van der Waals surface area contributed by atoms with Gasteiger partial charge < -0.3 is 14.2 Å². The SMILES string of the molecule is CCCCCCC/C=C\C/C=C\C/C=C\CCCCCCCCC(=O)OCC(COC(=O)CCCCCCC/C=C\CCCCCCC)OC(=O)CCCCCCCCCCCCCCCCCCCC. The van der Waals surface area contributed by atoms with Crippen LogP contribution in [0.3, 0.4) is 0 Å². The van der Waals surface area contributed by atoms with E-state index >= 15 is 0 Å². The third-order valence-corrected chi connectivity index (χ3v) is 13.8. The van der Waals surface area contributed by atoms with Crippen molar-refractivity contribution in [3.63, 3.8) is 0 Å². The van der Waals surface area contributed by atoms with Crippen molar-refractivity contribution in [2.24, 2.45) is 0 Å². The molecule has 0 bridgehead atoms. The number of hydrogen-bond donors (Lipinski definition) is 0. The molecule has 0 spiro atoms. The molecule has 0 aliphatic carbocycles. The number of unbranched alkanes of at least 4 members (excludes halogenated alkanes) is 38. The first-order valence-corrected chi connectivity index (χ1v) is 31.1. The molecule has 0 aliphatic heterocycles. The molecule has 0 amide bonds. The standard InChI is InChI=1S/C65H118O6/c1-4-7-10-13-16-19-22-25-28-30-32-33-34-36-37-40-43-46-49-52-55-58-64(67)70-61-62(60-69-63(66)57-54-51-48-45-42-39-27-24-21-18-15-12-9-6-3)71-65(68)59-56-53-50-47-44-41-38-35-31-29-26-23-20-17-14-11-8-5-2/h22,24-25,27,30,32,34,36,62H,4-21,23,26,28-29,31,33,35,37-61H2,1-3H3/b25-22-,27-24-,32-30-,36-34-. The number of rotatable bonds is 57. The molecule has 71 heavy (non-hydrogen) atoms. The molecule has 0 aromatic heterocycles. The quantitative estimate of drug-likeness (QED) is 0.0261. The Labute approximate surface area is 441 Å². The van der Waals surface area contributed by atoms with Crippen molar-refractivity contribution in [3.05, 3.63) is 48.6 Å². The largest absolute Gasteiger partial charge is 0.462 e. The van der Waals surface area contributed by atoms with Gasteiger partial charge in [0.15, 0.2) is 6.10 Å². The van der Waals surface area contributed by atoms with Crippen molar-refractivity contribution < 1.29 is 28.6 Å². The number of ether oxygens (including phenoxy) is 3. The lowest BCUT2D eigenvalue weighted by Crippen LogP contribution is -2.30. The molecule has 0 aromatic carbocycles. The van der Waals surface area contributed by atoms with Gasteiger partial charge in [-0.25, -0.2) is 0 Å². The second kappa shape index (κ2) is 59.9. The van der Waals surface area contributed by atoms with Crippen LogP contribution in [0.1, 0.15) is 329 Å². The first-order valence-electron chi connectivity index (χ1n) is 31.1. The van der Waals surface area contributed by atoms with Gasteiger partial charge in [0.25, 0.3) is 0 Å². The lowest BCUT2D eigenvalue weighted by Gasteiger charge is -2.18. The summed E-state index contributed by atoms with van der Waals surface area (Å²) < 4.78 is 16.9. The molecule has 0 heterocycles. The van der Waals surface area contributed by atoms with E-state index in [1.807, 2.05) is 0 Å². The number of allylic oxidation sites excluding steroid dienone is 8. The molecule has 0 rings (SSSR count). The maximum Gasteiger partial charge on any atom is 0.306 e. The fraction of sp³-hybridized carbons (Fsp3) is 0.831. The Balaban J connectivity index is 4.36. The van der Waals surface area contributed by atoms with E-state index in [1.165, 1.54) is 205 Å². The highest BCUT2D eigenvalue weighted by Crippen LogP contribution is 2.17. The van der Waals surface area contributed by atoms with Crippen LogP contribution in [0, 0.1) is 0 Å². The van der Waals surface area contributed by atoms with Crippen LogP contribution in [0.5, 0.6) is 0 Å². The topological polar surface area (TPSA) is 78.9 Å². The van der Waals surface area contributed by atoms with Crippen LogP contribution in [0.15, 0.2) is 48.6 Å². The van der Waals surface area contributed by atoms with Gasteiger partial charge in [-0.1, -0.05) is 275 Å². The second-order valence-electron chi connectivity index (χ2n) is 21.0. The van der Waals surface area contributed by atoms with E-state index in [-0.39, 0.29) is 31.1 Å². The predicted octanol–water partition coefficient (Wildman–Crippen LogP) is 21.0. The number of carbonyl (C=O) groups excluding carboxylic acids is 3. The molecule has 0 N–H and O–H groups in total. The van der Waals surface area contributed by atoms with Crippen molar-refractivity contribution in [1.29, 1.82) is 0 Å². The van der Waals surface area contributed by atoms with Crippen molar-refractivity contribution >= 4 is 17.9 Å². The maximum atomic E-state index is 12.9. The van der Waals surface area contributed by atoms with Crippen LogP contribution >= 0.6 is 0 Å². The van der Waals surface area contributed by atoms with Gasteiger partial charge in [0.2, 0.25) is 0 Å². The summed E-state index contributed by atoms with van der Waals surface area (Å²) in [6.07, 6.45) is 73.9. The van der Waals surface area contributed by atoms with Crippen molar-refractivity contribution in [3.8, 4) is 0 Å². The Morgan fingerprint density at radius 3 is 0.803 bits per heavy atom. The molecule has 6 nitrogen and oxygen atoms in total. The highest BCUT2D eigenvalue weighted by atomic mass is 16.6. The lowest BCUT2D eigenvalue weighted by molar-refractivity contribution is -0.167. The van der Waals surface area contributed by atoms with E-state index < -0.39 is 6.10 Å². The summed E-state index contributed by atoms with van der Waals surface area (Å²) in [5.41, 5.74) is 0. The fourth-order valence-corrected chi connectivity index (χ4v) is 9.09.